The van der Waals surface area contributed by atoms with Crippen molar-refractivity contribution in [1.29, 1.82) is 0 Å². The number of amides is 1. The average Bonchev–Trinajstić information content (AvgIpc) is 3.44. The molecule has 0 bridgehead atoms. The van der Waals surface area contributed by atoms with Crippen molar-refractivity contribution in [3.63, 3.8) is 0 Å². The summed E-state index contributed by atoms with van der Waals surface area (Å²) in [6.07, 6.45) is 4.12. The smallest absolute Gasteiger partial charge is 0.253 e. The lowest BCUT2D eigenvalue weighted by Gasteiger charge is -2.34. The molecule has 7 heteroatoms. The number of hydrogen-bond acceptors (Lipinski definition) is 4. The quantitative estimate of drug-likeness (QED) is 0.800. The Morgan fingerprint density at radius 1 is 1.36 bits per heavy atom. The van der Waals surface area contributed by atoms with Gasteiger partial charge in [-0.25, -0.2) is 13.1 Å². The van der Waals surface area contributed by atoms with Crippen LogP contribution in [-0.4, -0.2) is 44.9 Å². The van der Waals surface area contributed by atoms with Crippen LogP contribution in [0.25, 0.3) is 0 Å². The number of carbonyl (C=O) groups excluding carboxylic acids is 1. The molecule has 1 amide bonds. The number of benzene rings is 1. The molecule has 2 fully saturated rings. The zero-order chi connectivity index (χ0) is 18.0. The molecule has 6 nitrogen and oxygen atoms in total. The van der Waals surface area contributed by atoms with Crippen LogP contribution in [0.5, 0.6) is 0 Å². The Kier molecular flexibility index (Phi) is 5.46. The van der Waals surface area contributed by atoms with Crippen LogP contribution in [0.2, 0.25) is 0 Å². The van der Waals surface area contributed by atoms with Crippen LogP contribution in [0, 0.1) is 11.8 Å². The molecule has 0 spiro atoms. The molecule has 2 aliphatic rings. The molecule has 2 unspecified atom stereocenters. The fraction of sp³-hybridized carbons (Fsp3) is 0.611. The summed E-state index contributed by atoms with van der Waals surface area (Å²) in [5.74, 6) is 0.637. The van der Waals surface area contributed by atoms with Crippen LogP contribution in [0.4, 0.5) is 0 Å². The Balaban J connectivity index is 1.72. The number of hydrogen-bond donors (Lipinski definition) is 2. The number of nitrogens with one attached hydrogen (secondary N) is 1. The van der Waals surface area contributed by atoms with Crippen molar-refractivity contribution < 1.29 is 13.2 Å². The van der Waals surface area contributed by atoms with Crippen molar-refractivity contribution in [2.45, 2.75) is 43.5 Å². The van der Waals surface area contributed by atoms with Gasteiger partial charge in [-0.3, -0.25) is 4.79 Å². The van der Waals surface area contributed by atoms with Crippen LogP contribution in [0.15, 0.2) is 29.2 Å². The molecule has 1 saturated carbocycles. The van der Waals surface area contributed by atoms with Crippen molar-refractivity contribution in [3.8, 4) is 0 Å². The maximum absolute atomic E-state index is 12.8. The summed E-state index contributed by atoms with van der Waals surface area (Å²) in [6.45, 7) is 3.77. The first-order valence-electron chi connectivity index (χ1n) is 9.01. The lowest BCUT2D eigenvalue weighted by Crippen LogP contribution is -2.45. The highest BCUT2D eigenvalue weighted by atomic mass is 32.2. The van der Waals surface area contributed by atoms with Crippen LogP contribution in [-0.2, 0) is 10.0 Å². The topological polar surface area (TPSA) is 92.5 Å². The van der Waals surface area contributed by atoms with E-state index in [0.29, 0.717) is 37.0 Å². The van der Waals surface area contributed by atoms with Gasteiger partial charge in [0.1, 0.15) is 0 Å². The summed E-state index contributed by atoms with van der Waals surface area (Å²) in [4.78, 5) is 14.7. The second kappa shape index (κ2) is 7.43. The molecule has 1 aliphatic heterocycles. The Hall–Kier alpha value is -1.44. The lowest BCUT2D eigenvalue weighted by atomic mass is 9.92. The van der Waals surface area contributed by atoms with Gasteiger partial charge in [-0.15, -0.1) is 0 Å². The monoisotopic (exact) mass is 365 g/mol. The number of carbonyl (C=O) groups is 1. The largest absolute Gasteiger partial charge is 0.338 e. The third-order valence-corrected chi connectivity index (χ3v) is 6.56. The van der Waals surface area contributed by atoms with E-state index in [0.717, 1.165) is 25.7 Å². The minimum Gasteiger partial charge on any atom is -0.338 e. The Morgan fingerprint density at radius 2 is 2.12 bits per heavy atom. The normalized spacial score (nSPS) is 22.6. The molecule has 1 saturated heterocycles. The molecule has 1 aromatic carbocycles. The molecule has 3 rings (SSSR count). The molecule has 0 radical (unpaired) electrons. The third kappa shape index (κ3) is 4.59. The van der Waals surface area contributed by atoms with Gasteiger partial charge < -0.3 is 10.6 Å². The molecule has 1 heterocycles. The van der Waals surface area contributed by atoms with E-state index in [4.69, 9.17) is 5.73 Å². The van der Waals surface area contributed by atoms with Crippen LogP contribution >= 0.6 is 0 Å². The number of likely N-dealkylation sites (tertiary alicyclic amines) is 1. The highest BCUT2D eigenvalue weighted by molar-refractivity contribution is 7.89. The molecule has 25 heavy (non-hydrogen) atoms. The minimum atomic E-state index is -3.57. The number of nitrogens with zero attached hydrogens (tertiary/aromatic N) is 1. The van der Waals surface area contributed by atoms with E-state index in [9.17, 15) is 13.2 Å². The summed E-state index contributed by atoms with van der Waals surface area (Å²) < 4.78 is 27.4. The van der Waals surface area contributed by atoms with Gasteiger partial charge in [-0.05, 0) is 62.6 Å². The van der Waals surface area contributed by atoms with Gasteiger partial charge in [-0.1, -0.05) is 6.07 Å². The van der Waals surface area contributed by atoms with Crippen molar-refractivity contribution in [2.75, 3.05) is 19.6 Å². The standard InChI is InChI=1S/C18H27N3O3S/c1-13(19)16-5-3-9-21(12-16)18(22)15-4-2-6-17(10-15)25(23,24)20-11-14-7-8-14/h2,4,6,10,13-14,16,20H,3,5,7-9,11-12,19H2,1H3. The Bertz CT molecular complexity index is 729. The van der Waals surface area contributed by atoms with Crippen LogP contribution in [0.1, 0.15) is 43.0 Å². The number of sulfonamides is 1. The number of piperidine rings is 1. The molecule has 3 N–H and O–H groups in total. The number of rotatable bonds is 6. The SMILES string of the molecule is CC(N)C1CCCN(C(=O)c2cccc(S(=O)(=O)NCC3CC3)c2)C1. The van der Waals surface area contributed by atoms with E-state index in [2.05, 4.69) is 4.72 Å². The van der Waals surface area contributed by atoms with Gasteiger partial charge in [0, 0.05) is 31.2 Å². The molecule has 1 aliphatic carbocycles. The van der Waals surface area contributed by atoms with Gasteiger partial charge in [0.2, 0.25) is 10.0 Å². The van der Waals surface area contributed by atoms with E-state index in [-0.39, 0.29) is 16.8 Å². The molecular formula is C18H27N3O3S. The van der Waals surface area contributed by atoms with E-state index >= 15 is 0 Å². The van der Waals surface area contributed by atoms with Gasteiger partial charge in [0.25, 0.3) is 5.91 Å². The Morgan fingerprint density at radius 3 is 2.80 bits per heavy atom. The summed E-state index contributed by atoms with van der Waals surface area (Å²) in [5.41, 5.74) is 6.40. The first-order valence-corrected chi connectivity index (χ1v) is 10.5. The highest BCUT2D eigenvalue weighted by Crippen LogP contribution is 2.28. The average molecular weight is 365 g/mol. The predicted molar refractivity (Wildman–Crippen MR) is 96.6 cm³/mol. The zero-order valence-electron chi connectivity index (χ0n) is 14.6. The first-order chi connectivity index (χ1) is 11.9. The van der Waals surface area contributed by atoms with Gasteiger partial charge >= 0.3 is 0 Å². The summed E-state index contributed by atoms with van der Waals surface area (Å²) in [5, 5.41) is 0. The van der Waals surface area contributed by atoms with E-state index < -0.39 is 10.0 Å². The lowest BCUT2D eigenvalue weighted by molar-refractivity contribution is 0.0660. The van der Waals surface area contributed by atoms with E-state index in [1.54, 1.807) is 17.0 Å². The third-order valence-electron chi connectivity index (χ3n) is 5.14. The number of nitrogens with two attached hydrogens (primary N) is 1. The second-order valence-corrected chi connectivity index (χ2v) is 9.10. The molecule has 0 aromatic heterocycles. The molecule has 1 aromatic rings. The van der Waals surface area contributed by atoms with Gasteiger partial charge in [-0.2, -0.15) is 0 Å². The van der Waals surface area contributed by atoms with Crippen LogP contribution in [0.3, 0.4) is 0 Å². The highest BCUT2D eigenvalue weighted by Gasteiger charge is 2.28. The van der Waals surface area contributed by atoms with Crippen molar-refractivity contribution in [3.05, 3.63) is 29.8 Å². The molecule has 2 atom stereocenters. The predicted octanol–water partition coefficient (Wildman–Crippen LogP) is 1.57. The van der Waals surface area contributed by atoms with Gasteiger partial charge in [0.05, 0.1) is 4.90 Å². The first kappa shape index (κ1) is 18.4. The summed E-state index contributed by atoms with van der Waals surface area (Å²) in [6, 6.07) is 6.37. The van der Waals surface area contributed by atoms with Gasteiger partial charge in [0.15, 0.2) is 0 Å². The summed E-state index contributed by atoms with van der Waals surface area (Å²) >= 11 is 0. The fourth-order valence-corrected chi connectivity index (χ4v) is 4.40. The second-order valence-electron chi connectivity index (χ2n) is 7.34. The van der Waals surface area contributed by atoms with E-state index in [1.165, 1.54) is 12.1 Å². The Labute approximate surface area is 149 Å². The molecule has 138 valence electrons. The fourth-order valence-electron chi connectivity index (χ4n) is 3.24. The minimum absolute atomic E-state index is 0.0499. The van der Waals surface area contributed by atoms with Crippen molar-refractivity contribution in [1.82, 2.24) is 9.62 Å². The van der Waals surface area contributed by atoms with E-state index in [1.807, 2.05) is 6.92 Å². The van der Waals surface area contributed by atoms with Crippen molar-refractivity contribution in [2.24, 2.45) is 17.6 Å². The zero-order valence-corrected chi connectivity index (χ0v) is 15.5. The maximum atomic E-state index is 12.8. The molecular weight excluding hydrogens is 338 g/mol. The summed E-state index contributed by atoms with van der Waals surface area (Å²) in [7, 11) is -3.57. The van der Waals surface area contributed by atoms with Crippen LogP contribution < -0.4 is 10.5 Å². The maximum Gasteiger partial charge on any atom is 0.253 e. The van der Waals surface area contributed by atoms with Crippen molar-refractivity contribution >= 4 is 15.9 Å².